The maximum Gasteiger partial charge on any atom is 0.282 e. The first-order chi connectivity index (χ1) is 10.0. The Bertz CT molecular complexity index is 559. The van der Waals surface area contributed by atoms with E-state index in [1.165, 1.54) is 0 Å². The van der Waals surface area contributed by atoms with Gasteiger partial charge >= 0.3 is 0 Å². The Kier molecular flexibility index (Phi) is 4.33. The Hall–Kier alpha value is -0.540. The van der Waals surface area contributed by atoms with Crippen molar-refractivity contribution in [3.05, 3.63) is 16.6 Å². The summed E-state index contributed by atoms with van der Waals surface area (Å²) in [6, 6.07) is 0. The molecule has 2 aliphatic rings. The van der Waals surface area contributed by atoms with Crippen LogP contribution < -0.4 is 0 Å². The van der Waals surface area contributed by atoms with Crippen molar-refractivity contribution in [1.82, 2.24) is 13.6 Å². The molecule has 1 aromatic heterocycles. The van der Waals surface area contributed by atoms with Gasteiger partial charge in [-0.05, 0) is 12.8 Å². The number of rotatable bonds is 3. The molecular formula is C13H21N3O3S2. The van der Waals surface area contributed by atoms with Crippen LogP contribution in [0.5, 0.6) is 0 Å². The molecule has 0 saturated carbocycles. The molecular weight excluding hydrogens is 310 g/mol. The second-order valence-corrected chi connectivity index (χ2v) is 8.64. The molecule has 0 unspecified atom stereocenters. The van der Waals surface area contributed by atoms with E-state index in [0.29, 0.717) is 39.4 Å². The molecule has 0 amide bonds. The molecule has 2 saturated heterocycles. The van der Waals surface area contributed by atoms with Crippen molar-refractivity contribution in [2.75, 3.05) is 39.4 Å². The standard InChI is InChI=1S/C13H21N3O3S2/c1-13(12-14-4-11-20-12)2-5-15(6-3-13)21(17,18)16-7-9-19-10-8-16/h4,11H,2-3,5-10H2,1H3. The van der Waals surface area contributed by atoms with Gasteiger partial charge in [0.25, 0.3) is 10.2 Å². The fraction of sp³-hybridized carbons (Fsp3) is 0.769. The Labute approximate surface area is 129 Å². The first kappa shape index (κ1) is 15.4. The van der Waals surface area contributed by atoms with Crippen LogP contribution in [-0.2, 0) is 20.4 Å². The monoisotopic (exact) mass is 331 g/mol. The third kappa shape index (κ3) is 3.00. The van der Waals surface area contributed by atoms with Crippen LogP contribution in [0.25, 0.3) is 0 Å². The Morgan fingerprint density at radius 2 is 1.81 bits per heavy atom. The van der Waals surface area contributed by atoms with Gasteiger partial charge in [0.2, 0.25) is 0 Å². The minimum absolute atomic E-state index is 0.00515. The van der Waals surface area contributed by atoms with E-state index >= 15 is 0 Å². The van der Waals surface area contributed by atoms with Crippen LogP contribution >= 0.6 is 11.3 Å². The van der Waals surface area contributed by atoms with Gasteiger partial charge in [-0.25, -0.2) is 4.98 Å². The molecule has 21 heavy (non-hydrogen) atoms. The lowest BCUT2D eigenvalue weighted by Crippen LogP contribution is -2.52. The van der Waals surface area contributed by atoms with Gasteiger partial charge in [-0.1, -0.05) is 6.92 Å². The highest BCUT2D eigenvalue weighted by Gasteiger charge is 2.39. The molecule has 0 radical (unpaired) electrons. The summed E-state index contributed by atoms with van der Waals surface area (Å²) in [6.07, 6.45) is 3.47. The Morgan fingerprint density at radius 1 is 1.19 bits per heavy atom. The van der Waals surface area contributed by atoms with Crippen molar-refractivity contribution in [3.63, 3.8) is 0 Å². The summed E-state index contributed by atoms with van der Waals surface area (Å²) in [7, 11) is -3.33. The van der Waals surface area contributed by atoms with E-state index in [2.05, 4.69) is 11.9 Å². The molecule has 0 aromatic carbocycles. The zero-order valence-corrected chi connectivity index (χ0v) is 13.8. The van der Waals surface area contributed by atoms with Crippen molar-refractivity contribution in [2.45, 2.75) is 25.2 Å². The van der Waals surface area contributed by atoms with Crippen LogP contribution in [0.4, 0.5) is 0 Å². The second kappa shape index (κ2) is 5.92. The number of piperidine rings is 1. The highest BCUT2D eigenvalue weighted by atomic mass is 32.2. The van der Waals surface area contributed by atoms with Crippen LogP contribution in [0.15, 0.2) is 11.6 Å². The van der Waals surface area contributed by atoms with E-state index in [9.17, 15) is 8.42 Å². The molecule has 0 bridgehead atoms. The lowest BCUT2D eigenvalue weighted by Gasteiger charge is -2.39. The minimum Gasteiger partial charge on any atom is -0.379 e. The summed E-state index contributed by atoms with van der Waals surface area (Å²) in [5, 5.41) is 3.10. The molecule has 0 atom stereocenters. The number of aromatic nitrogens is 1. The smallest absolute Gasteiger partial charge is 0.282 e. The normalized spacial score (nSPS) is 25.0. The number of thiazole rings is 1. The van der Waals surface area contributed by atoms with Crippen LogP contribution in [-0.4, -0.2) is 61.4 Å². The maximum absolute atomic E-state index is 12.6. The zero-order chi connectivity index (χ0) is 14.9. The highest BCUT2D eigenvalue weighted by molar-refractivity contribution is 7.86. The first-order valence-corrected chi connectivity index (χ1v) is 9.53. The van der Waals surface area contributed by atoms with Gasteiger partial charge in [0.15, 0.2) is 0 Å². The molecule has 1 aromatic rings. The summed E-state index contributed by atoms with van der Waals surface area (Å²) in [5.41, 5.74) is 0.00515. The molecule has 2 fully saturated rings. The van der Waals surface area contributed by atoms with Crippen molar-refractivity contribution in [3.8, 4) is 0 Å². The number of ether oxygens (including phenoxy) is 1. The highest BCUT2D eigenvalue weighted by Crippen LogP contribution is 2.37. The van der Waals surface area contributed by atoms with Gasteiger partial charge in [0.05, 0.1) is 18.2 Å². The van der Waals surface area contributed by atoms with E-state index in [4.69, 9.17) is 4.74 Å². The minimum atomic E-state index is -3.33. The molecule has 8 heteroatoms. The van der Waals surface area contributed by atoms with E-state index < -0.39 is 10.2 Å². The maximum atomic E-state index is 12.6. The number of nitrogens with zero attached hydrogens (tertiary/aromatic N) is 3. The molecule has 3 rings (SSSR count). The van der Waals surface area contributed by atoms with Crippen molar-refractivity contribution >= 4 is 21.5 Å². The van der Waals surface area contributed by atoms with Gasteiger partial charge in [0.1, 0.15) is 0 Å². The third-order valence-electron chi connectivity index (χ3n) is 4.40. The summed E-state index contributed by atoms with van der Waals surface area (Å²) in [5.74, 6) is 0. The average molecular weight is 331 g/mol. The van der Waals surface area contributed by atoms with Gasteiger partial charge in [-0.2, -0.15) is 17.0 Å². The van der Waals surface area contributed by atoms with E-state index in [1.807, 2.05) is 11.6 Å². The van der Waals surface area contributed by atoms with Crippen LogP contribution in [0.1, 0.15) is 24.8 Å². The number of hydrogen-bond donors (Lipinski definition) is 0. The van der Waals surface area contributed by atoms with Gasteiger partial charge in [-0.15, -0.1) is 11.3 Å². The third-order valence-corrected chi connectivity index (χ3v) is 7.51. The summed E-state index contributed by atoms with van der Waals surface area (Å²) < 4.78 is 33.6. The topological polar surface area (TPSA) is 62.7 Å². The quantitative estimate of drug-likeness (QED) is 0.831. The van der Waals surface area contributed by atoms with Gasteiger partial charge < -0.3 is 4.74 Å². The SMILES string of the molecule is CC1(c2nccs2)CCN(S(=O)(=O)N2CCOCC2)CC1. The van der Waals surface area contributed by atoms with Gasteiger partial charge in [0, 0.05) is 43.2 Å². The summed E-state index contributed by atoms with van der Waals surface area (Å²) >= 11 is 1.66. The van der Waals surface area contributed by atoms with E-state index in [1.54, 1.807) is 19.9 Å². The van der Waals surface area contributed by atoms with Crippen molar-refractivity contribution in [1.29, 1.82) is 0 Å². The number of morpholine rings is 1. The number of hydrogen-bond acceptors (Lipinski definition) is 5. The largest absolute Gasteiger partial charge is 0.379 e. The zero-order valence-electron chi connectivity index (χ0n) is 12.2. The average Bonchev–Trinajstić information content (AvgIpc) is 3.04. The van der Waals surface area contributed by atoms with E-state index in [-0.39, 0.29) is 5.41 Å². The fourth-order valence-corrected chi connectivity index (χ4v) is 5.33. The predicted octanol–water partition coefficient (Wildman–Crippen LogP) is 1.07. The Balaban J connectivity index is 1.68. The molecule has 0 N–H and O–H groups in total. The van der Waals surface area contributed by atoms with Crippen LogP contribution in [0, 0.1) is 0 Å². The van der Waals surface area contributed by atoms with E-state index in [0.717, 1.165) is 17.8 Å². The molecule has 3 heterocycles. The lowest BCUT2D eigenvalue weighted by molar-refractivity contribution is 0.0691. The molecule has 0 aliphatic carbocycles. The molecule has 118 valence electrons. The predicted molar refractivity (Wildman–Crippen MR) is 81.6 cm³/mol. The van der Waals surface area contributed by atoms with Crippen molar-refractivity contribution < 1.29 is 13.2 Å². The van der Waals surface area contributed by atoms with Gasteiger partial charge in [-0.3, -0.25) is 0 Å². The Morgan fingerprint density at radius 3 is 2.38 bits per heavy atom. The van der Waals surface area contributed by atoms with Crippen molar-refractivity contribution in [2.24, 2.45) is 0 Å². The first-order valence-electron chi connectivity index (χ1n) is 7.25. The van der Waals surface area contributed by atoms with Crippen LogP contribution in [0.2, 0.25) is 0 Å². The molecule has 0 spiro atoms. The van der Waals surface area contributed by atoms with Crippen LogP contribution in [0.3, 0.4) is 0 Å². The fourth-order valence-electron chi connectivity index (χ4n) is 2.89. The summed E-state index contributed by atoms with van der Waals surface area (Å²) in [4.78, 5) is 4.41. The molecule has 2 aliphatic heterocycles. The summed E-state index contributed by atoms with van der Waals surface area (Å²) in [6.45, 7) is 5.22. The lowest BCUT2D eigenvalue weighted by atomic mass is 9.82. The second-order valence-electron chi connectivity index (χ2n) is 5.82. The molecule has 6 nitrogen and oxygen atoms in total.